The van der Waals surface area contributed by atoms with E-state index in [0.717, 1.165) is 19.0 Å². The summed E-state index contributed by atoms with van der Waals surface area (Å²) in [4.78, 5) is 7.31. The van der Waals surface area contributed by atoms with Crippen molar-refractivity contribution in [3.05, 3.63) is 16.1 Å². The summed E-state index contributed by atoms with van der Waals surface area (Å²) >= 11 is 1.78. The maximum absolute atomic E-state index is 4.75. The van der Waals surface area contributed by atoms with Crippen molar-refractivity contribution in [2.45, 2.75) is 65.7 Å². The van der Waals surface area contributed by atoms with Crippen molar-refractivity contribution < 1.29 is 0 Å². The first kappa shape index (κ1) is 14.9. The molecule has 0 amide bonds. The summed E-state index contributed by atoms with van der Waals surface area (Å²) in [5, 5.41) is 6.86. The van der Waals surface area contributed by atoms with Crippen LogP contribution in [-0.2, 0) is 13.1 Å². The monoisotopic (exact) mass is 281 g/mol. The molecule has 1 aliphatic carbocycles. The van der Waals surface area contributed by atoms with Gasteiger partial charge in [0.05, 0.1) is 5.69 Å². The Morgan fingerprint density at radius 1 is 1.37 bits per heavy atom. The third-order valence-corrected chi connectivity index (χ3v) is 4.44. The van der Waals surface area contributed by atoms with Crippen molar-refractivity contribution in [2.24, 2.45) is 5.92 Å². The molecule has 0 saturated heterocycles. The molecule has 1 N–H and O–H groups in total. The Bertz CT molecular complexity index is 382. The van der Waals surface area contributed by atoms with E-state index >= 15 is 0 Å². The molecule has 108 valence electrons. The summed E-state index contributed by atoms with van der Waals surface area (Å²) in [6.07, 6.45) is 2.84. The first-order valence-corrected chi connectivity index (χ1v) is 8.33. The molecule has 1 aromatic heterocycles. The highest BCUT2D eigenvalue weighted by atomic mass is 32.1. The number of nitrogens with one attached hydrogen (secondary N) is 1. The van der Waals surface area contributed by atoms with Gasteiger partial charge in [-0.3, -0.25) is 4.90 Å². The van der Waals surface area contributed by atoms with Gasteiger partial charge in [-0.15, -0.1) is 11.3 Å². The lowest BCUT2D eigenvalue weighted by molar-refractivity contribution is 0.201. The van der Waals surface area contributed by atoms with Crippen LogP contribution in [0.3, 0.4) is 0 Å². The highest BCUT2D eigenvalue weighted by Crippen LogP contribution is 2.30. The van der Waals surface area contributed by atoms with E-state index in [-0.39, 0.29) is 0 Å². The fourth-order valence-corrected chi connectivity index (χ4v) is 2.83. The standard InChI is InChI=1S/C15H27N3S/c1-11(2)16-7-15-17-14(10-19-15)9-18(12(3)4)8-13-5-6-13/h10-13,16H,5-9H2,1-4H3. The summed E-state index contributed by atoms with van der Waals surface area (Å²) in [5.41, 5.74) is 1.24. The fourth-order valence-electron chi connectivity index (χ4n) is 2.09. The maximum atomic E-state index is 4.75. The number of hydrogen-bond acceptors (Lipinski definition) is 4. The Kier molecular flexibility index (Phi) is 5.37. The second-order valence-corrected chi connectivity index (χ2v) is 7.18. The average Bonchev–Trinajstić information content (AvgIpc) is 3.04. The van der Waals surface area contributed by atoms with Gasteiger partial charge in [0.1, 0.15) is 5.01 Å². The van der Waals surface area contributed by atoms with Crippen LogP contribution in [0.1, 0.15) is 51.2 Å². The van der Waals surface area contributed by atoms with Crippen LogP contribution < -0.4 is 5.32 Å². The van der Waals surface area contributed by atoms with Gasteiger partial charge in [-0.25, -0.2) is 4.98 Å². The van der Waals surface area contributed by atoms with E-state index in [1.165, 1.54) is 30.1 Å². The third kappa shape index (κ3) is 5.21. The lowest BCUT2D eigenvalue weighted by atomic mass is 10.2. The molecule has 1 fully saturated rings. The Hall–Kier alpha value is -0.450. The van der Waals surface area contributed by atoms with Gasteiger partial charge in [0.2, 0.25) is 0 Å². The molecule has 19 heavy (non-hydrogen) atoms. The van der Waals surface area contributed by atoms with Crippen LogP contribution in [-0.4, -0.2) is 28.5 Å². The molecule has 0 bridgehead atoms. The Morgan fingerprint density at radius 3 is 2.68 bits per heavy atom. The molecule has 4 heteroatoms. The van der Waals surface area contributed by atoms with Gasteiger partial charge in [0, 0.05) is 37.1 Å². The van der Waals surface area contributed by atoms with Gasteiger partial charge in [-0.1, -0.05) is 13.8 Å². The van der Waals surface area contributed by atoms with Crippen molar-refractivity contribution in [1.82, 2.24) is 15.2 Å². The Balaban J connectivity index is 1.85. The lowest BCUT2D eigenvalue weighted by Gasteiger charge is -2.25. The third-order valence-electron chi connectivity index (χ3n) is 3.55. The van der Waals surface area contributed by atoms with E-state index in [0.29, 0.717) is 12.1 Å². The normalized spacial score (nSPS) is 15.9. The topological polar surface area (TPSA) is 28.2 Å². The largest absolute Gasteiger partial charge is 0.308 e. The molecule has 3 nitrogen and oxygen atoms in total. The van der Waals surface area contributed by atoms with E-state index < -0.39 is 0 Å². The summed E-state index contributed by atoms with van der Waals surface area (Å²) in [5.74, 6) is 0.947. The predicted molar refractivity (Wildman–Crippen MR) is 82.4 cm³/mol. The molecule has 1 aliphatic rings. The molecule has 2 rings (SSSR count). The summed E-state index contributed by atoms with van der Waals surface area (Å²) in [6.45, 7) is 12.1. The van der Waals surface area contributed by atoms with Crippen molar-refractivity contribution in [2.75, 3.05) is 6.54 Å². The predicted octanol–water partition coefficient (Wildman–Crippen LogP) is 3.26. The van der Waals surface area contributed by atoms with Crippen molar-refractivity contribution in [1.29, 1.82) is 0 Å². The second-order valence-electron chi connectivity index (χ2n) is 6.23. The first-order valence-electron chi connectivity index (χ1n) is 7.45. The second kappa shape index (κ2) is 6.82. The van der Waals surface area contributed by atoms with Crippen LogP contribution >= 0.6 is 11.3 Å². The van der Waals surface area contributed by atoms with Gasteiger partial charge in [-0.2, -0.15) is 0 Å². The minimum Gasteiger partial charge on any atom is -0.308 e. The van der Waals surface area contributed by atoms with Gasteiger partial charge < -0.3 is 5.32 Å². The van der Waals surface area contributed by atoms with Crippen molar-refractivity contribution >= 4 is 11.3 Å². The van der Waals surface area contributed by atoms with Crippen LogP contribution in [0, 0.1) is 5.92 Å². The number of hydrogen-bond donors (Lipinski definition) is 1. The van der Waals surface area contributed by atoms with E-state index in [1.807, 2.05) is 0 Å². The number of rotatable bonds is 8. The van der Waals surface area contributed by atoms with Gasteiger partial charge in [0.15, 0.2) is 0 Å². The van der Waals surface area contributed by atoms with Crippen LogP contribution in [0.4, 0.5) is 0 Å². The zero-order valence-corrected chi connectivity index (χ0v) is 13.5. The Morgan fingerprint density at radius 2 is 2.11 bits per heavy atom. The lowest BCUT2D eigenvalue weighted by Crippen LogP contribution is -2.32. The van der Waals surface area contributed by atoms with Crippen LogP contribution in [0.5, 0.6) is 0 Å². The first-order chi connectivity index (χ1) is 9.04. The van der Waals surface area contributed by atoms with E-state index in [2.05, 4.69) is 43.3 Å². The number of aromatic nitrogens is 1. The smallest absolute Gasteiger partial charge is 0.107 e. The van der Waals surface area contributed by atoms with Crippen LogP contribution in [0.25, 0.3) is 0 Å². The van der Waals surface area contributed by atoms with E-state index in [4.69, 9.17) is 4.98 Å². The quantitative estimate of drug-likeness (QED) is 0.793. The van der Waals surface area contributed by atoms with Gasteiger partial charge >= 0.3 is 0 Å². The molecule has 1 heterocycles. The molecule has 0 aromatic carbocycles. The fraction of sp³-hybridized carbons (Fsp3) is 0.800. The molecule has 0 radical (unpaired) electrons. The van der Waals surface area contributed by atoms with E-state index in [9.17, 15) is 0 Å². The highest BCUT2D eigenvalue weighted by molar-refractivity contribution is 7.09. The van der Waals surface area contributed by atoms with Crippen molar-refractivity contribution in [3.63, 3.8) is 0 Å². The summed E-state index contributed by atoms with van der Waals surface area (Å²) in [7, 11) is 0. The van der Waals surface area contributed by atoms with Gasteiger partial charge in [0.25, 0.3) is 0 Å². The van der Waals surface area contributed by atoms with Crippen molar-refractivity contribution in [3.8, 4) is 0 Å². The number of thiazole rings is 1. The summed E-state index contributed by atoms with van der Waals surface area (Å²) < 4.78 is 0. The minimum atomic E-state index is 0.523. The Labute approximate surface area is 121 Å². The zero-order chi connectivity index (χ0) is 13.8. The molecule has 1 saturated carbocycles. The average molecular weight is 281 g/mol. The SMILES string of the molecule is CC(C)NCc1nc(CN(CC2CC2)C(C)C)cs1. The molecule has 1 aromatic rings. The zero-order valence-electron chi connectivity index (χ0n) is 12.6. The minimum absolute atomic E-state index is 0.523. The van der Waals surface area contributed by atoms with E-state index in [1.54, 1.807) is 11.3 Å². The molecular formula is C15H27N3S. The molecule has 0 unspecified atom stereocenters. The molecule has 0 spiro atoms. The molecule has 0 aliphatic heterocycles. The van der Waals surface area contributed by atoms with Crippen LogP contribution in [0.15, 0.2) is 5.38 Å². The van der Waals surface area contributed by atoms with Gasteiger partial charge in [-0.05, 0) is 32.6 Å². The molecule has 0 atom stereocenters. The highest BCUT2D eigenvalue weighted by Gasteiger charge is 2.25. The molecular weight excluding hydrogens is 254 g/mol. The maximum Gasteiger partial charge on any atom is 0.107 e. The summed E-state index contributed by atoms with van der Waals surface area (Å²) in [6, 6.07) is 1.13. The number of nitrogens with zero attached hydrogens (tertiary/aromatic N) is 2. The van der Waals surface area contributed by atoms with Crippen LogP contribution in [0.2, 0.25) is 0 Å².